The van der Waals surface area contributed by atoms with Crippen LogP contribution in [0.25, 0.3) is 5.69 Å². The van der Waals surface area contributed by atoms with Gasteiger partial charge in [0.25, 0.3) is 0 Å². The van der Waals surface area contributed by atoms with Crippen molar-refractivity contribution in [1.29, 1.82) is 0 Å². The van der Waals surface area contributed by atoms with E-state index in [0.29, 0.717) is 0 Å². The van der Waals surface area contributed by atoms with Crippen LogP contribution in [-0.2, 0) is 4.74 Å². The SMILES string of the molecule is c1ccc(-n2nnnc2SCC2CNCCO2)cc1. The molecule has 19 heavy (non-hydrogen) atoms. The van der Waals surface area contributed by atoms with E-state index >= 15 is 0 Å². The minimum atomic E-state index is 0.222. The van der Waals surface area contributed by atoms with Crippen molar-refractivity contribution in [2.24, 2.45) is 0 Å². The van der Waals surface area contributed by atoms with Crippen LogP contribution in [0, 0.1) is 0 Å². The van der Waals surface area contributed by atoms with E-state index in [1.807, 2.05) is 30.3 Å². The zero-order valence-corrected chi connectivity index (χ0v) is 11.2. The van der Waals surface area contributed by atoms with E-state index in [0.717, 1.165) is 36.3 Å². The highest BCUT2D eigenvalue weighted by Gasteiger charge is 2.16. The first kappa shape index (κ1) is 12.6. The summed E-state index contributed by atoms with van der Waals surface area (Å²) in [4.78, 5) is 0. The van der Waals surface area contributed by atoms with Gasteiger partial charge in [0.1, 0.15) is 0 Å². The number of morpholine rings is 1. The normalized spacial score (nSPS) is 19.5. The standard InChI is InChI=1S/C12H15N5OS/c1-2-4-10(5-3-1)17-12(14-15-16-17)19-9-11-8-13-6-7-18-11/h1-5,11,13H,6-9H2. The number of nitrogens with zero attached hydrogens (tertiary/aromatic N) is 4. The van der Waals surface area contributed by atoms with Gasteiger partial charge in [0.2, 0.25) is 5.16 Å². The highest BCUT2D eigenvalue weighted by Crippen LogP contribution is 2.19. The van der Waals surface area contributed by atoms with Crippen molar-refractivity contribution in [3.8, 4) is 5.69 Å². The van der Waals surface area contributed by atoms with Crippen molar-refractivity contribution in [3.63, 3.8) is 0 Å². The molecule has 7 heteroatoms. The summed E-state index contributed by atoms with van der Waals surface area (Å²) in [6.45, 7) is 2.59. The molecular formula is C12H15N5OS. The Morgan fingerprint density at radius 1 is 1.37 bits per heavy atom. The molecule has 1 atom stereocenters. The molecule has 100 valence electrons. The number of hydrogen-bond acceptors (Lipinski definition) is 6. The summed E-state index contributed by atoms with van der Waals surface area (Å²) in [6.07, 6.45) is 0.222. The highest BCUT2D eigenvalue weighted by molar-refractivity contribution is 7.99. The molecule has 1 saturated heterocycles. The van der Waals surface area contributed by atoms with Crippen LogP contribution >= 0.6 is 11.8 Å². The zero-order chi connectivity index (χ0) is 12.9. The maximum Gasteiger partial charge on any atom is 0.214 e. The minimum absolute atomic E-state index is 0.222. The minimum Gasteiger partial charge on any atom is -0.375 e. The summed E-state index contributed by atoms with van der Waals surface area (Å²) in [5, 5.41) is 15.9. The van der Waals surface area contributed by atoms with Crippen molar-refractivity contribution < 1.29 is 4.74 Å². The van der Waals surface area contributed by atoms with Crippen molar-refractivity contribution in [2.45, 2.75) is 11.3 Å². The molecule has 1 unspecified atom stereocenters. The quantitative estimate of drug-likeness (QED) is 0.832. The summed E-state index contributed by atoms with van der Waals surface area (Å²) in [5.74, 6) is 0.847. The number of tetrazole rings is 1. The van der Waals surface area contributed by atoms with Crippen LogP contribution in [0.15, 0.2) is 35.5 Å². The number of thioether (sulfide) groups is 1. The van der Waals surface area contributed by atoms with Crippen LogP contribution in [0.3, 0.4) is 0 Å². The fourth-order valence-electron chi connectivity index (χ4n) is 1.89. The Hall–Kier alpha value is -1.44. The number of aromatic nitrogens is 4. The molecule has 1 N–H and O–H groups in total. The molecule has 1 aliphatic rings. The van der Waals surface area contributed by atoms with Crippen LogP contribution in [-0.4, -0.2) is 51.8 Å². The fraction of sp³-hybridized carbons (Fsp3) is 0.417. The van der Waals surface area contributed by atoms with Gasteiger partial charge >= 0.3 is 0 Å². The number of benzene rings is 1. The monoisotopic (exact) mass is 277 g/mol. The van der Waals surface area contributed by atoms with Gasteiger partial charge in [-0.3, -0.25) is 0 Å². The molecular weight excluding hydrogens is 262 g/mol. The summed E-state index contributed by atoms with van der Waals surface area (Å²) in [6, 6.07) is 9.89. The van der Waals surface area contributed by atoms with E-state index in [1.165, 1.54) is 0 Å². The first-order valence-corrected chi connectivity index (χ1v) is 7.21. The Morgan fingerprint density at radius 2 is 2.26 bits per heavy atom. The van der Waals surface area contributed by atoms with Gasteiger partial charge in [-0.15, -0.1) is 5.10 Å². The largest absolute Gasteiger partial charge is 0.375 e. The van der Waals surface area contributed by atoms with E-state index in [4.69, 9.17) is 4.74 Å². The second-order valence-electron chi connectivity index (χ2n) is 4.22. The Morgan fingerprint density at radius 3 is 3.05 bits per heavy atom. The summed E-state index contributed by atoms with van der Waals surface area (Å²) in [5.41, 5.74) is 0.970. The third-order valence-electron chi connectivity index (χ3n) is 2.84. The van der Waals surface area contributed by atoms with E-state index in [-0.39, 0.29) is 6.10 Å². The Labute approximate surface area is 115 Å². The van der Waals surface area contributed by atoms with Crippen molar-refractivity contribution in [2.75, 3.05) is 25.4 Å². The zero-order valence-electron chi connectivity index (χ0n) is 10.4. The van der Waals surface area contributed by atoms with Crippen LogP contribution in [0.1, 0.15) is 0 Å². The maximum absolute atomic E-state index is 5.66. The van der Waals surface area contributed by atoms with E-state index in [9.17, 15) is 0 Å². The van der Waals surface area contributed by atoms with Crippen molar-refractivity contribution >= 4 is 11.8 Å². The highest BCUT2D eigenvalue weighted by atomic mass is 32.2. The Balaban J connectivity index is 1.67. The second-order valence-corrected chi connectivity index (χ2v) is 5.20. The molecule has 1 fully saturated rings. The molecule has 3 rings (SSSR count). The molecule has 0 amide bonds. The third kappa shape index (κ3) is 3.12. The molecule has 0 saturated carbocycles. The van der Waals surface area contributed by atoms with Gasteiger partial charge in [0.15, 0.2) is 0 Å². The molecule has 0 aliphatic carbocycles. The number of nitrogens with one attached hydrogen (secondary N) is 1. The summed E-state index contributed by atoms with van der Waals surface area (Å²) in [7, 11) is 0. The molecule has 1 aromatic heterocycles. The maximum atomic E-state index is 5.66. The lowest BCUT2D eigenvalue weighted by Crippen LogP contribution is -2.39. The van der Waals surface area contributed by atoms with Gasteiger partial charge in [-0.2, -0.15) is 4.68 Å². The van der Waals surface area contributed by atoms with Crippen molar-refractivity contribution in [1.82, 2.24) is 25.5 Å². The van der Waals surface area contributed by atoms with E-state index in [2.05, 4.69) is 20.8 Å². The number of rotatable bonds is 4. The molecule has 2 aromatic rings. The lowest BCUT2D eigenvalue weighted by molar-refractivity contribution is 0.0440. The second kappa shape index (κ2) is 6.14. The molecule has 6 nitrogen and oxygen atoms in total. The van der Waals surface area contributed by atoms with Gasteiger partial charge in [0.05, 0.1) is 18.4 Å². The van der Waals surface area contributed by atoms with Crippen molar-refractivity contribution in [3.05, 3.63) is 30.3 Å². The smallest absolute Gasteiger partial charge is 0.214 e. The van der Waals surface area contributed by atoms with Crippen LogP contribution in [0.4, 0.5) is 0 Å². The molecule has 0 spiro atoms. The lowest BCUT2D eigenvalue weighted by Gasteiger charge is -2.22. The molecule has 0 radical (unpaired) electrons. The van der Waals surface area contributed by atoms with Gasteiger partial charge in [-0.05, 0) is 22.6 Å². The van der Waals surface area contributed by atoms with Gasteiger partial charge in [-0.25, -0.2) is 0 Å². The van der Waals surface area contributed by atoms with Crippen LogP contribution < -0.4 is 5.32 Å². The third-order valence-corrected chi connectivity index (χ3v) is 3.90. The van der Waals surface area contributed by atoms with Gasteiger partial charge < -0.3 is 10.1 Å². The molecule has 0 bridgehead atoms. The number of ether oxygens (including phenoxy) is 1. The average Bonchev–Trinajstić information content (AvgIpc) is 2.95. The van der Waals surface area contributed by atoms with Crippen LogP contribution in [0.2, 0.25) is 0 Å². The average molecular weight is 277 g/mol. The first-order valence-electron chi connectivity index (χ1n) is 6.22. The fourth-order valence-corrected chi connectivity index (χ4v) is 2.80. The summed E-state index contributed by atoms with van der Waals surface area (Å²) >= 11 is 1.62. The van der Waals surface area contributed by atoms with E-state index < -0.39 is 0 Å². The Bertz CT molecular complexity index is 512. The first-order chi connectivity index (χ1) is 9.43. The van der Waals surface area contributed by atoms with Crippen LogP contribution in [0.5, 0.6) is 0 Å². The molecule has 1 aliphatic heterocycles. The Kier molecular flexibility index (Phi) is 4.07. The molecule has 1 aromatic carbocycles. The summed E-state index contributed by atoms with van der Waals surface area (Å²) < 4.78 is 7.41. The predicted molar refractivity (Wildman–Crippen MR) is 72.5 cm³/mol. The van der Waals surface area contributed by atoms with Gasteiger partial charge in [-0.1, -0.05) is 30.0 Å². The topological polar surface area (TPSA) is 64.9 Å². The predicted octanol–water partition coefficient (Wildman–Crippen LogP) is 0.743. The molecule has 2 heterocycles. The van der Waals surface area contributed by atoms with E-state index in [1.54, 1.807) is 16.4 Å². The van der Waals surface area contributed by atoms with Gasteiger partial charge in [0, 0.05) is 18.8 Å². The lowest BCUT2D eigenvalue weighted by atomic mass is 10.3. The number of hydrogen-bond donors (Lipinski definition) is 1. The number of para-hydroxylation sites is 1.